The third kappa shape index (κ3) is 4.60. The van der Waals surface area contributed by atoms with Crippen molar-refractivity contribution in [2.24, 2.45) is 0 Å². The van der Waals surface area contributed by atoms with Crippen LogP contribution in [0.1, 0.15) is 37.9 Å². The molecule has 1 rings (SSSR count). The van der Waals surface area contributed by atoms with Crippen molar-refractivity contribution < 1.29 is 4.21 Å². The highest BCUT2D eigenvalue weighted by Gasteiger charge is 2.12. The molecule has 1 aromatic rings. The van der Waals surface area contributed by atoms with Crippen LogP contribution in [-0.4, -0.2) is 22.3 Å². The van der Waals surface area contributed by atoms with Gasteiger partial charge >= 0.3 is 0 Å². The van der Waals surface area contributed by atoms with E-state index in [-0.39, 0.29) is 6.04 Å². The number of rotatable bonds is 7. The highest BCUT2D eigenvalue weighted by Crippen LogP contribution is 2.15. The summed E-state index contributed by atoms with van der Waals surface area (Å²) in [6.45, 7) is 7.12. The molecular weight excluding hydrogens is 230 g/mol. The highest BCUT2D eigenvalue weighted by molar-refractivity contribution is 7.84. The van der Waals surface area contributed by atoms with Crippen LogP contribution < -0.4 is 5.32 Å². The van der Waals surface area contributed by atoms with Gasteiger partial charge in [0.05, 0.1) is 0 Å². The zero-order valence-electron chi connectivity index (χ0n) is 11.0. The molecule has 2 unspecified atom stereocenters. The topological polar surface area (TPSA) is 29.1 Å². The van der Waals surface area contributed by atoms with Crippen molar-refractivity contribution in [2.75, 3.05) is 18.1 Å². The Morgan fingerprint density at radius 2 is 1.82 bits per heavy atom. The van der Waals surface area contributed by atoms with E-state index in [4.69, 9.17) is 0 Å². The van der Waals surface area contributed by atoms with Crippen LogP contribution >= 0.6 is 0 Å². The Labute approximate surface area is 107 Å². The van der Waals surface area contributed by atoms with Gasteiger partial charge in [-0.1, -0.05) is 45.0 Å². The second kappa shape index (κ2) is 7.62. The Morgan fingerprint density at radius 3 is 2.29 bits per heavy atom. The van der Waals surface area contributed by atoms with Gasteiger partial charge in [0.15, 0.2) is 0 Å². The zero-order chi connectivity index (χ0) is 12.7. The second-order valence-corrected chi connectivity index (χ2v) is 5.89. The zero-order valence-corrected chi connectivity index (χ0v) is 11.8. The van der Waals surface area contributed by atoms with Crippen molar-refractivity contribution in [3.05, 3.63) is 35.4 Å². The first-order chi connectivity index (χ1) is 8.21. The van der Waals surface area contributed by atoms with Crippen LogP contribution in [0, 0.1) is 0 Å². The first-order valence-corrected chi connectivity index (χ1v) is 7.87. The number of hydrogen-bond donors (Lipinski definition) is 1. The van der Waals surface area contributed by atoms with Crippen molar-refractivity contribution in [2.45, 2.75) is 33.2 Å². The van der Waals surface area contributed by atoms with E-state index < -0.39 is 10.8 Å². The average Bonchev–Trinajstić information content (AvgIpc) is 2.38. The quantitative estimate of drug-likeness (QED) is 0.809. The fraction of sp³-hybridized carbons (Fsp3) is 0.571. The van der Waals surface area contributed by atoms with Crippen molar-refractivity contribution in [1.29, 1.82) is 0 Å². The van der Waals surface area contributed by atoms with Gasteiger partial charge in [0.25, 0.3) is 0 Å². The van der Waals surface area contributed by atoms with Gasteiger partial charge in [0.1, 0.15) is 0 Å². The smallest absolute Gasteiger partial charge is 0.0436 e. The molecule has 0 aliphatic rings. The molecule has 0 aromatic heterocycles. The van der Waals surface area contributed by atoms with Crippen LogP contribution in [-0.2, 0) is 17.2 Å². The Hall–Kier alpha value is -0.670. The summed E-state index contributed by atoms with van der Waals surface area (Å²) in [5, 5.41) is 3.41. The predicted octanol–water partition coefficient (Wildman–Crippen LogP) is 2.67. The molecule has 0 amide bonds. The van der Waals surface area contributed by atoms with Gasteiger partial charge in [0, 0.05) is 28.3 Å². The molecular formula is C14H23NOS. The van der Waals surface area contributed by atoms with Gasteiger partial charge in [-0.3, -0.25) is 4.21 Å². The first kappa shape index (κ1) is 14.4. The number of nitrogens with one attached hydrogen (secondary N) is 1. The SMILES string of the molecule is CCNC(CS(=O)CC)c1ccc(CC)cc1. The van der Waals surface area contributed by atoms with Crippen LogP contribution in [0.5, 0.6) is 0 Å². The maximum atomic E-state index is 11.7. The lowest BCUT2D eigenvalue weighted by atomic mass is 10.1. The van der Waals surface area contributed by atoms with Gasteiger partial charge in [0.2, 0.25) is 0 Å². The maximum Gasteiger partial charge on any atom is 0.0436 e. The molecule has 96 valence electrons. The lowest BCUT2D eigenvalue weighted by Crippen LogP contribution is -2.26. The molecule has 0 heterocycles. The number of hydrogen-bond acceptors (Lipinski definition) is 2. The highest BCUT2D eigenvalue weighted by atomic mass is 32.2. The molecule has 3 heteroatoms. The van der Waals surface area contributed by atoms with E-state index in [1.165, 1.54) is 11.1 Å². The summed E-state index contributed by atoms with van der Waals surface area (Å²) in [4.78, 5) is 0. The van der Waals surface area contributed by atoms with Crippen LogP contribution in [0.2, 0.25) is 0 Å². The number of benzene rings is 1. The van der Waals surface area contributed by atoms with Crippen molar-refractivity contribution in [3.8, 4) is 0 Å². The van der Waals surface area contributed by atoms with E-state index in [0.29, 0.717) is 5.75 Å². The van der Waals surface area contributed by atoms with Gasteiger partial charge in [-0.25, -0.2) is 0 Å². The molecule has 0 aliphatic carbocycles. The summed E-state index contributed by atoms with van der Waals surface area (Å²) in [5.74, 6) is 1.44. The largest absolute Gasteiger partial charge is 0.309 e. The van der Waals surface area contributed by atoms with Gasteiger partial charge in [-0.2, -0.15) is 0 Å². The standard InChI is InChI=1S/C14H23NOS/c1-4-12-7-9-13(10-8-12)14(15-5-2)11-17(16)6-3/h7-10,14-15H,4-6,11H2,1-3H3. The summed E-state index contributed by atoms with van der Waals surface area (Å²) in [5.41, 5.74) is 2.59. The number of aryl methyl sites for hydroxylation is 1. The Balaban J connectivity index is 2.77. The van der Waals surface area contributed by atoms with E-state index in [9.17, 15) is 4.21 Å². The molecule has 2 atom stereocenters. The minimum Gasteiger partial charge on any atom is -0.309 e. The van der Waals surface area contributed by atoms with Crippen LogP contribution in [0.25, 0.3) is 0 Å². The summed E-state index contributed by atoms with van der Waals surface area (Å²) in [6.07, 6.45) is 1.06. The molecule has 0 saturated carbocycles. The third-order valence-corrected chi connectivity index (χ3v) is 4.26. The summed E-state index contributed by atoms with van der Waals surface area (Å²) < 4.78 is 11.7. The molecule has 1 aromatic carbocycles. The summed E-state index contributed by atoms with van der Waals surface area (Å²) in [6, 6.07) is 8.84. The van der Waals surface area contributed by atoms with Gasteiger partial charge in [-0.05, 0) is 24.1 Å². The Morgan fingerprint density at radius 1 is 1.18 bits per heavy atom. The normalized spacial score (nSPS) is 14.5. The fourth-order valence-corrected chi connectivity index (χ4v) is 2.73. The summed E-state index contributed by atoms with van der Waals surface area (Å²) >= 11 is 0. The molecule has 0 bridgehead atoms. The average molecular weight is 253 g/mol. The first-order valence-electron chi connectivity index (χ1n) is 6.38. The minimum absolute atomic E-state index is 0.215. The molecule has 0 fully saturated rings. The van der Waals surface area contributed by atoms with Crippen LogP contribution in [0.3, 0.4) is 0 Å². The van der Waals surface area contributed by atoms with Crippen LogP contribution in [0.4, 0.5) is 0 Å². The van der Waals surface area contributed by atoms with Crippen molar-refractivity contribution in [1.82, 2.24) is 5.32 Å². The molecule has 1 N–H and O–H groups in total. The third-order valence-electron chi connectivity index (χ3n) is 2.92. The predicted molar refractivity (Wildman–Crippen MR) is 75.8 cm³/mol. The molecule has 0 radical (unpaired) electrons. The van der Waals surface area contributed by atoms with E-state index in [2.05, 4.69) is 43.4 Å². The van der Waals surface area contributed by atoms with E-state index in [1.807, 2.05) is 6.92 Å². The van der Waals surface area contributed by atoms with Crippen molar-refractivity contribution in [3.63, 3.8) is 0 Å². The summed E-state index contributed by atoms with van der Waals surface area (Å²) in [7, 11) is -0.729. The fourth-order valence-electron chi connectivity index (χ4n) is 1.81. The molecule has 17 heavy (non-hydrogen) atoms. The molecule has 0 aliphatic heterocycles. The minimum atomic E-state index is -0.729. The molecule has 0 spiro atoms. The van der Waals surface area contributed by atoms with E-state index in [0.717, 1.165) is 18.7 Å². The van der Waals surface area contributed by atoms with E-state index in [1.54, 1.807) is 0 Å². The lowest BCUT2D eigenvalue weighted by Gasteiger charge is -2.18. The van der Waals surface area contributed by atoms with Gasteiger partial charge in [-0.15, -0.1) is 0 Å². The molecule has 2 nitrogen and oxygen atoms in total. The van der Waals surface area contributed by atoms with E-state index >= 15 is 0 Å². The lowest BCUT2D eigenvalue weighted by molar-refractivity contribution is 0.594. The maximum absolute atomic E-state index is 11.7. The van der Waals surface area contributed by atoms with Gasteiger partial charge < -0.3 is 5.32 Å². The molecule has 0 saturated heterocycles. The van der Waals surface area contributed by atoms with Crippen LogP contribution in [0.15, 0.2) is 24.3 Å². The Kier molecular flexibility index (Phi) is 6.45. The van der Waals surface area contributed by atoms with Crippen molar-refractivity contribution >= 4 is 10.8 Å². The second-order valence-electron chi connectivity index (χ2n) is 4.10. The monoisotopic (exact) mass is 253 g/mol. The Bertz CT molecular complexity index is 348.